The first-order chi connectivity index (χ1) is 6.07. The molecule has 70 valence electrons. The van der Waals surface area contributed by atoms with E-state index in [0.29, 0.717) is 5.69 Å². The van der Waals surface area contributed by atoms with Crippen molar-refractivity contribution >= 4 is 18.7 Å². The van der Waals surface area contributed by atoms with Crippen LogP contribution in [-0.4, -0.2) is 10.1 Å². The highest BCUT2D eigenvalue weighted by Crippen LogP contribution is 2.33. The third kappa shape index (κ3) is 1.86. The van der Waals surface area contributed by atoms with Crippen LogP contribution in [0, 0.1) is 6.92 Å². The molecule has 13 heavy (non-hydrogen) atoms. The van der Waals surface area contributed by atoms with E-state index in [-0.39, 0.29) is 11.0 Å². The summed E-state index contributed by atoms with van der Waals surface area (Å²) in [5.74, 6) is 0.222. The maximum atomic E-state index is 9.72. The maximum absolute atomic E-state index is 9.72. The molecule has 3 heteroatoms. The highest BCUT2D eigenvalue weighted by Gasteiger charge is 2.13. The van der Waals surface area contributed by atoms with Gasteiger partial charge in [-0.25, -0.2) is 0 Å². The third-order valence-corrected chi connectivity index (χ3v) is 2.20. The van der Waals surface area contributed by atoms with Gasteiger partial charge in [0.2, 0.25) is 0 Å². The number of aromatic nitrogens is 1. The van der Waals surface area contributed by atoms with Gasteiger partial charge in [-0.2, -0.15) is 12.6 Å². The van der Waals surface area contributed by atoms with E-state index in [0.717, 1.165) is 11.1 Å². The van der Waals surface area contributed by atoms with Gasteiger partial charge in [0.05, 0.1) is 5.69 Å². The summed E-state index contributed by atoms with van der Waals surface area (Å²) in [5, 5.41) is 9.70. The molecule has 1 heterocycles. The molecular formula is C10H13NOS. The number of thiol groups is 1. The zero-order valence-corrected chi connectivity index (χ0v) is 8.68. The fourth-order valence-electron chi connectivity index (χ4n) is 1.23. The molecule has 2 nitrogen and oxygen atoms in total. The summed E-state index contributed by atoms with van der Waals surface area (Å²) < 4.78 is 0. The predicted molar refractivity (Wildman–Crippen MR) is 58.1 cm³/mol. The van der Waals surface area contributed by atoms with Gasteiger partial charge < -0.3 is 5.11 Å². The van der Waals surface area contributed by atoms with Gasteiger partial charge in [-0.1, -0.05) is 12.7 Å². The Kier molecular flexibility index (Phi) is 2.98. The topological polar surface area (TPSA) is 33.1 Å². The van der Waals surface area contributed by atoms with Crippen molar-refractivity contribution in [3.05, 3.63) is 29.6 Å². The van der Waals surface area contributed by atoms with Crippen molar-refractivity contribution in [2.24, 2.45) is 0 Å². The van der Waals surface area contributed by atoms with Crippen molar-refractivity contribution in [2.45, 2.75) is 19.1 Å². The van der Waals surface area contributed by atoms with Gasteiger partial charge in [-0.05, 0) is 13.8 Å². The molecule has 0 radical (unpaired) electrons. The van der Waals surface area contributed by atoms with Crippen LogP contribution in [0.2, 0.25) is 0 Å². The molecule has 0 aliphatic rings. The minimum Gasteiger partial charge on any atom is -0.506 e. The normalized spacial score (nSPS) is 12.5. The fraction of sp³-hybridized carbons (Fsp3) is 0.300. The Bertz CT molecular complexity index is 334. The first kappa shape index (κ1) is 10.1. The molecule has 0 aromatic carbocycles. The van der Waals surface area contributed by atoms with E-state index >= 15 is 0 Å². The summed E-state index contributed by atoms with van der Waals surface area (Å²) in [6.07, 6.45) is 3.37. The van der Waals surface area contributed by atoms with Crippen molar-refractivity contribution in [1.82, 2.24) is 4.98 Å². The van der Waals surface area contributed by atoms with E-state index in [1.165, 1.54) is 0 Å². The zero-order valence-electron chi connectivity index (χ0n) is 7.78. The van der Waals surface area contributed by atoms with E-state index in [9.17, 15) is 5.11 Å². The Morgan fingerprint density at radius 3 is 2.77 bits per heavy atom. The van der Waals surface area contributed by atoms with Gasteiger partial charge in [-0.3, -0.25) is 4.98 Å². The van der Waals surface area contributed by atoms with Gasteiger partial charge in [0.25, 0.3) is 0 Å². The van der Waals surface area contributed by atoms with Gasteiger partial charge in [0.1, 0.15) is 5.75 Å². The smallest absolute Gasteiger partial charge is 0.141 e. The van der Waals surface area contributed by atoms with Crippen LogP contribution >= 0.6 is 12.6 Å². The molecule has 0 saturated carbocycles. The molecule has 1 rings (SSSR count). The summed E-state index contributed by atoms with van der Waals surface area (Å²) in [6.45, 7) is 7.33. The number of aromatic hydroxyl groups is 1. The first-order valence-electron chi connectivity index (χ1n) is 4.07. The van der Waals surface area contributed by atoms with E-state index in [1.807, 2.05) is 6.92 Å². The lowest BCUT2D eigenvalue weighted by Gasteiger charge is -2.12. The molecule has 0 aliphatic heterocycles. The molecule has 0 amide bonds. The molecule has 0 saturated heterocycles. The lowest BCUT2D eigenvalue weighted by molar-refractivity contribution is 0.460. The van der Waals surface area contributed by atoms with Gasteiger partial charge in [0, 0.05) is 22.6 Å². The van der Waals surface area contributed by atoms with Crippen LogP contribution in [0.5, 0.6) is 5.75 Å². The van der Waals surface area contributed by atoms with Crippen molar-refractivity contribution in [2.75, 3.05) is 0 Å². The van der Waals surface area contributed by atoms with E-state index in [4.69, 9.17) is 0 Å². The summed E-state index contributed by atoms with van der Waals surface area (Å²) in [4.78, 5) is 4.04. The lowest BCUT2D eigenvalue weighted by atomic mass is 10.1. The van der Waals surface area contributed by atoms with Gasteiger partial charge in [-0.15, -0.1) is 0 Å². The van der Waals surface area contributed by atoms with Crippen molar-refractivity contribution < 1.29 is 5.11 Å². The summed E-state index contributed by atoms with van der Waals surface area (Å²) in [7, 11) is 0. The van der Waals surface area contributed by atoms with Crippen LogP contribution in [0.25, 0.3) is 6.08 Å². The predicted octanol–water partition coefficient (Wildman–Crippen LogP) is 2.73. The average molecular weight is 195 g/mol. The molecule has 1 aromatic rings. The molecule has 0 aliphatic carbocycles. The van der Waals surface area contributed by atoms with Crippen LogP contribution in [0.4, 0.5) is 0 Å². The second kappa shape index (κ2) is 3.83. The number of nitrogens with zero attached hydrogens (tertiary/aromatic N) is 1. The molecule has 1 aromatic heterocycles. The molecular weight excluding hydrogens is 182 g/mol. The van der Waals surface area contributed by atoms with Crippen LogP contribution < -0.4 is 0 Å². The van der Waals surface area contributed by atoms with Crippen LogP contribution in [0.1, 0.15) is 29.0 Å². The highest BCUT2D eigenvalue weighted by atomic mass is 32.1. The largest absolute Gasteiger partial charge is 0.506 e. The van der Waals surface area contributed by atoms with E-state index < -0.39 is 0 Å². The zero-order chi connectivity index (χ0) is 10.0. The SMILES string of the molecule is C=Cc1cnc(C)c(O)c1C(C)S. The van der Waals surface area contributed by atoms with Crippen molar-refractivity contribution in [1.29, 1.82) is 0 Å². The first-order valence-corrected chi connectivity index (χ1v) is 4.58. The quantitative estimate of drug-likeness (QED) is 0.711. The Morgan fingerprint density at radius 2 is 2.31 bits per heavy atom. The van der Waals surface area contributed by atoms with Gasteiger partial charge in [0.15, 0.2) is 0 Å². The lowest BCUT2D eigenvalue weighted by Crippen LogP contribution is -1.95. The average Bonchev–Trinajstić information content (AvgIpc) is 2.08. The maximum Gasteiger partial charge on any atom is 0.141 e. The van der Waals surface area contributed by atoms with E-state index in [2.05, 4.69) is 24.2 Å². The number of rotatable bonds is 2. The molecule has 1 atom stereocenters. The highest BCUT2D eigenvalue weighted by molar-refractivity contribution is 7.80. The second-order valence-electron chi connectivity index (χ2n) is 2.94. The minimum atomic E-state index is -0.0188. The molecule has 1 unspecified atom stereocenters. The number of pyridine rings is 1. The molecule has 0 fully saturated rings. The third-order valence-electron chi connectivity index (χ3n) is 1.94. The monoisotopic (exact) mass is 195 g/mol. The Balaban J connectivity index is 3.41. The summed E-state index contributed by atoms with van der Waals surface area (Å²) in [5.41, 5.74) is 2.26. The van der Waals surface area contributed by atoms with Crippen molar-refractivity contribution in [3.8, 4) is 5.75 Å². The number of hydrogen-bond donors (Lipinski definition) is 2. The standard InChI is InChI=1S/C10H13NOS/c1-4-8-5-11-6(2)10(12)9(8)7(3)13/h4-5,7,12-13H,1H2,2-3H3. The van der Waals surface area contributed by atoms with Crippen molar-refractivity contribution in [3.63, 3.8) is 0 Å². The molecule has 1 N–H and O–H groups in total. The number of hydrogen-bond acceptors (Lipinski definition) is 3. The number of aryl methyl sites for hydroxylation is 1. The second-order valence-corrected chi connectivity index (χ2v) is 3.72. The fourth-order valence-corrected chi connectivity index (χ4v) is 1.50. The Labute approximate surface area is 83.7 Å². The van der Waals surface area contributed by atoms with Crippen LogP contribution in [0.3, 0.4) is 0 Å². The molecule has 0 spiro atoms. The Hall–Kier alpha value is -0.960. The minimum absolute atomic E-state index is 0.0188. The van der Waals surface area contributed by atoms with Gasteiger partial charge >= 0.3 is 0 Å². The van der Waals surface area contributed by atoms with E-state index in [1.54, 1.807) is 19.2 Å². The van der Waals surface area contributed by atoms with Crippen LogP contribution in [-0.2, 0) is 0 Å². The summed E-state index contributed by atoms with van der Waals surface area (Å²) >= 11 is 4.29. The van der Waals surface area contributed by atoms with Crippen LogP contribution in [0.15, 0.2) is 12.8 Å². The Morgan fingerprint density at radius 1 is 1.69 bits per heavy atom. The molecule has 0 bridgehead atoms. The summed E-state index contributed by atoms with van der Waals surface area (Å²) in [6, 6.07) is 0.